The maximum Gasteiger partial charge on any atom is -0.147 e. The Bertz CT molecular complexity index is 2430. The normalized spacial score (nSPS) is 27.5. The zero-order valence-electron chi connectivity index (χ0n) is 33.7. The van der Waals surface area contributed by atoms with E-state index in [2.05, 4.69) is 180 Å². The van der Waals surface area contributed by atoms with Crippen molar-refractivity contribution >= 4 is 59.7 Å². The van der Waals surface area contributed by atoms with Crippen LogP contribution in [0.25, 0.3) is 16.3 Å². The second-order valence-corrected chi connectivity index (χ2v) is 29.1. The Hall–Kier alpha value is -2.54. The molecule has 5 aliphatic rings. The standard InChI is InChI=1S/C29H37.C10H7.C7H5Cl.C5H5.2ClH.Zr/c1-18-25-22-17-19-13-9-10-14-20(19)24(22)21-15-11-12-16-23(21)29(25,8)28(6,7)27(4,5)26(18,2)3;1-2-6-10-8-4-3-7-9(10)5-1;1-6-2-4-7(8)5-3-6;1-2-4-5-3-1;;;/h9-11,13-15,23H,12,16-17H2,1-8H3;1-7H;1-5H;1-3H,4H2;2*1H;. The van der Waals surface area contributed by atoms with Gasteiger partial charge in [-0.2, -0.15) is 0 Å². The van der Waals surface area contributed by atoms with Gasteiger partial charge in [-0.05, 0) is 0 Å². The van der Waals surface area contributed by atoms with Gasteiger partial charge in [-0.1, -0.05) is 0 Å². The quantitative estimate of drug-likeness (QED) is 0.192. The SMILES string of the molecule is CC12C(=C3Cc4ccccc4C3=C3C=CCCC31)[C](C)([Zr](=[CH]c1ccc(Cl)cc1)([C]1=CC=CC1)[c]1cccc3ccccc13)C(C)(C)C(C)(C)C2(C)C.Cl.Cl. The van der Waals surface area contributed by atoms with Crippen LogP contribution in [0.3, 0.4) is 0 Å². The molecule has 0 spiro atoms. The molecule has 4 aromatic carbocycles. The van der Waals surface area contributed by atoms with Gasteiger partial charge in [0, 0.05) is 0 Å². The van der Waals surface area contributed by atoms with Crippen molar-refractivity contribution in [2.45, 2.75) is 84.2 Å². The van der Waals surface area contributed by atoms with Crippen molar-refractivity contribution in [2.24, 2.45) is 27.6 Å². The zero-order valence-corrected chi connectivity index (χ0v) is 38.6. The Morgan fingerprint density at radius 3 is 2.15 bits per heavy atom. The van der Waals surface area contributed by atoms with E-state index in [1.165, 1.54) is 33.9 Å². The third kappa shape index (κ3) is 5.08. The molecule has 9 rings (SSSR count). The van der Waals surface area contributed by atoms with E-state index in [4.69, 9.17) is 11.6 Å². The van der Waals surface area contributed by atoms with Crippen molar-refractivity contribution in [2.75, 3.05) is 0 Å². The number of hydrogen-bond donors (Lipinski definition) is 0. The topological polar surface area (TPSA) is 0 Å². The predicted octanol–water partition coefficient (Wildman–Crippen LogP) is 14.4. The minimum absolute atomic E-state index is 0. The number of fused-ring (bicyclic) bond motifs is 7. The summed E-state index contributed by atoms with van der Waals surface area (Å²) in [6, 6.07) is 34.7. The van der Waals surface area contributed by atoms with Crippen LogP contribution in [0, 0.1) is 27.6 Å². The fourth-order valence-corrected chi connectivity index (χ4v) is 29.6. The van der Waals surface area contributed by atoms with Crippen LogP contribution < -0.4 is 3.27 Å². The van der Waals surface area contributed by atoms with E-state index >= 15 is 0 Å². The molecule has 1 saturated carbocycles. The van der Waals surface area contributed by atoms with E-state index in [1.807, 2.05) is 0 Å². The molecule has 4 heteroatoms. The molecule has 4 unspecified atom stereocenters. The molecule has 4 aromatic rings. The fraction of sp³-hybridized carbons (Fsp3) is 0.353. The van der Waals surface area contributed by atoms with Crippen molar-refractivity contribution in [1.82, 2.24) is 0 Å². The van der Waals surface area contributed by atoms with Gasteiger partial charge in [0.25, 0.3) is 0 Å². The van der Waals surface area contributed by atoms with Gasteiger partial charge < -0.3 is 0 Å². The fourth-order valence-electron chi connectivity index (χ4n) is 12.8. The minimum Gasteiger partial charge on any atom is -0.147 e. The Morgan fingerprint density at radius 1 is 0.727 bits per heavy atom. The summed E-state index contributed by atoms with van der Waals surface area (Å²) in [5.74, 6) is 0.444. The van der Waals surface area contributed by atoms with Crippen LogP contribution in [0.5, 0.6) is 0 Å². The van der Waals surface area contributed by atoms with Gasteiger partial charge in [-0.15, -0.1) is 24.8 Å². The first-order valence-corrected chi connectivity index (χ1v) is 25.4. The minimum atomic E-state index is -4.29. The average molecular weight is 867 g/mol. The van der Waals surface area contributed by atoms with Gasteiger partial charge in [0.15, 0.2) is 0 Å². The van der Waals surface area contributed by atoms with Crippen molar-refractivity contribution in [1.29, 1.82) is 0 Å². The molecule has 0 amide bonds. The molecule has 5 aliphatic carbocycles. The smallest absolute Gasteiger partial charge is 0.147 e. The molecule has 0 bridgehead atoms. The molecule has 55 heavy (non-hydrogen) atoms. The number of rotatable bonds is 4. The summed E-state index contributed by atoms with van der Waals surface area (Å²) in [5.41, 5.74) is 10.7. The van der Waals surface area contributed by atoms with E-state index < -0.39 is 19.8 Å². The number of halogens is 3. The molecular weight excluding hydrogens is 810 g/mol. The maximum atomic E-state index is 6.64. The monoisotopic (exact) mass is 863 g/mol. The molecule has 1 fully saturated rings. The molecule has 285 valence electrons. The van der Waals surface area contributed by atoms with Crippen molar-refractivity contribution in [3.8, 4) is 0 Å². The predicted molar refractivity (Wildman–Crippen MR) is 240 cm³/mol. The van der Waals surface area contributed by atoms with E-state index in [9.17, 15) is 0 Å². The van der Waals surface area contributed by atoms with Crippen LogP contribution in [0.15, 0.2) is 141 Å². The van der Waals surface area contributed by atoms with Crippen LogP contribution in [0.1, 0.15) is 91.3 Å². The molecule has 4 atom stereocenters. The number of hydrogen-bond acceptors (Lipinski definition) is 0. The molecule has 0 aliphatic heterocycles. The third-order valence-electron chi connectivity index (χ3n) is 16.8. The Morgan fingerprint density at radius 2 is 1.42 bits per heavy atom. The van der Waals surface area contributed by atoms with Crippen molar-refractivity contribution in [3.05, 3.63) is 163 Å². The molecular formula is C51H56Cl3Zr. The summed E-state index contributed by atoms with van der Waals surface area (Å²) < 4.78 is 6.02. The van der Waals surface area contributed by atoms with Crippen LogP contribution >= 0.6 is 36.4 Å². The summed E-state index contributed by atoms with van der Waals surface area (Å²) in [7, 11) is 0. The van der Waals surface area contributed by atoms with Gasteiger partial charge in [0.05, 0.1) is 0 Å². The van der Waals surface area contributed by atoms with E-state index in [-0.39, 0.29) is 49.6 Å². The molecule has 0 N–H and O–H groups in total. The van der Waals surface area contributed by atoms with E-state index in [0.717, 1.165) is 24.3 Å². The molecule has 0 nitrogen and oxygen atoms in total. The van der Waals surface area contributed by atoms with Gasteiger partial charge in [-0.3, -0.25) is 0 Å². The Balaban J connectivity index is 0.00000233. The van der Waals surface area contributed by atoms with Gasteiger partial charge in [-0.25, -0.2) is 0 Å². The maximum absolute atomic E-state index is 6.64. The summed E-state index contributed by atoms with van der Waals surface area (Å²) in [5, 5.41) is 3.57. The first-order chi connectivity index (χ1) is 25.2. The first-order valence-electron chi connectivity index (χ1n) is 19.9. The van der Waals surface area contributed by atoms with Crippen LogP contribution in [-0.2, 0) is 26.2 Å². The van der Waals surface area contributed by atoms with Gasteiger partial charge in [0.1, 0.15) is 0 Å². The summed E-state index contributed by atoms with van der Waals surface area (Å²) in [6.07, 6.45) is 16.8. The summed E-state index contributed by atoms with van der Waals surface area (Å²) in [6.45, 7) is 21.6. The largest absolute Gasteiger partial charge is 0.147 e. The number of allylic oxidation sites excluding steroid dienone is 10. The Kier molecular flexibility index (Phi) is 10.2. The van der Waals surface area contributed by atoms with Crippen LogP contribution in [0.4, 0.5) is 0 Å². The summed E-state index contributed by atoms with van der Waals surface area (Å²) >= 11 is 2.35. The van der Waals surface area contributed by atoms with Gasteiger partial charge >= 0.3 is 330 Å². The molecule has 0 aromatic heterocycles. The first kappa shape index (κ1) is 40.7. The molecule has 0 saturated heterocycles. The zero-order chi connectivity index (χ0) is 37.2. The second-order valence-electron chi connectivity index (χ2n) is 18.6. The third-order valence-corrected chi connectivity index (χ3v) is 31.5. The Labute approximate surface area is 351 Å². The molecule has 0 radical (unpaired) electrons. The van der Waals surface area contributed by atoms with Crippen LogP contribution in [-0.4, -0.2) is 3.71 Å². The molecule has 0 heterocycles. The number of benzene rings is 4. The van der Waals surface area contributed by atoms with Crippen molar-refractivity contribution < 1.29 is 19.8 Å². The van der Waals surface area contributed by atoms with Gasteiger partial charge in [0.2, 0.25) is 0 Å². The van der Waals surface area contributed by atoms with Crippen LogP contribution in [0.2, 0.25) is 8.15 Å². The van der Waals surface area contributed by atoms with Crippen molar-refractivity contribution in [3.63, 3.8) is 0 Å². The van der Waals surface area contributed by atoms with E-state index in [0.29, 0.717) is 5.92 Å². The average Bonchev–Trinajstić information content (AvgIpc) is 3.83. The van der Waals surface area contributed by atoms with E-state index in [1.54, 1.807) is 28.8 Å². The second kappa shape index (κ2) is 13.8. The summed E-state index contributed by atoms with van der Waals surface area (Å²) in [4.78, 5) is 0.